The number of nitrogens with one attached hydrogen (secondary N) is 1. The molecular weight excluding hydrogens is 432 g/mol. The van der Waals surface area contributed by atoms with E-state index in [9.17, 15) is 14.9 Å². The number of benzene rings is 3. The van der Waals surface area contributed by atoms with Crippen LogP contribution in [-0.4, -0.2) is 26.4 Å². The van der Waals surface area contributed by atoms with Crippen molar-refractivity contribution in [1.29, 1.82) is 0 Å². The smallest absolute Gasteiger partial charge is 0.291 e. The van der Waals surface area contributed by atoms with Crippen molar-refractivity contribution in [2.24, 2.45) is 4.99 Å². The maximum absolute atomic E-state index is 13.2. The molecule has 4 aromatic rings. The Kier molecular flexibility index (Phi) is 4.31. The number of hydrogen-bond acceptors (Lipinski definition) is 6. The number of aliphatic imine (C=N–C) groups is 1. The number of non-ortho nitro benzene ring substituents is 1. The summed E-state index contributed by atoms with van der Waals surface area (Å²) in [6.07, 6.45) is 0. The van der Waals surface area contributed by atoms with Gasteiger partial charge in [-0.1, -0.05) is 30.3 Å². The van der Waals surface area contributed by atoms with E-state index >= 15 is 0 Å². The van der Waals surface area contributed by atoms with Crippen molar-refractivity contribution in [3.8, 4) is 5.69 Å². The first-order valence-electron chi connectivity index (χ1n) is 10.7. The number of carbonyl (C=O) groups excluding carboxylic acids is 1. The van der Waals surface area contributed by atoms with E-state index in [1.165, 1.54) is 12.1 Å². The number of aromatic nitrogens is 2. The molecule has 0 saturated heterocycles. The number of fused-ring (bicyclic) bond motifs is 4. The Hall–Kier alpha value is -4.79. The van der Waals surface area contributed by atoms with E-state index in [1.807, 2.05) is 66.4 Å². The number of nitrogens with zero attached hydrogens (tertiary/aromatic N) is 5. The number of para-hydroxylation sites is 3. The van der Waals surface area contributed by atoms with Gasteiger partial charge in [-0.15, -0.1) is 0 Å². The monoisotopic (exact) mass is 450 g/mol. The average Bonchev–Trinajstić information content (AvgIpc) is 3.20. The molecule has 1 N–H and O–H groups in total. The van der Waals surface area contributed by atoms with Gasteiger partial charge in [-0.25, -0.2) is 9.67 Å². The van der Waals surface area contributed by atoms with Crippen molar-refractivity contribution in [3.63, 3.8) is 0 Å². The molecular formula is C25H18N6O3. The molecule has 9 nitrogen and oxygen atoms in total. The van der Waals surface area contributed by atoms with Gasteiger partial charge < -0.3 is 10.2 Å². The van der Waals surface area contributed by atoms with Crippen LogP contribution in [0.3, 0.4) is 0 Å². The van der Waals surface area contributed by atoms with Gasteiger partial charge in [0.1, 0.15) is 0 Å². The molecule has 6 rings (SSSR count). The first-order valence-corrected chi connectivity index (χ1v) is 10.7. The third kappa shape index (κ3) is 2.91. The zero-order chi connectivity index (χ0) is 23.4. The van der Waals surface area contributed by atoms with Crippen LogP contribution in [0.5, 0.6) is 0 Å². The lowest BCUT2D eigenvalue weighted by molar-refractivity contribution is -0.384. The third-order valence-electron chi connectivity index (χ3n) is 6.09. The number of aryl methyl sites for hydroxylation is 1. The zero-order valence-corrected chi connectivity index (χ0v) is 18.0. The summed E-state index contributed by atoms with van der Waals surface area (Å²) in [5, 5.41) is 18.9. The molecule has 0 aliphatic carbocycles. The second-order valence-electron chi connectivity index (χ2n) is 8.10. The molecule has 34 heavy (non-hydrogen) atoms. The van der Waals surface area contributed by atoms with E-state index in [1.54, 1.807) is 16.8 Å². The summed E-state index contributed by atoms with van der Waals surface area (Å²) in [6.45, 7) is 1.91. The minimum Gasteiger partial charge on any atom is -0.317 e. The Morgan fingerprint density at radius 1 is 0.971 bits per heavy atom. The van der Waals surface area contributed by atoms with Gasteiger partial charge in [-0.3, -0.25) is 14.9 Å². The zero-order valence-electron chi connectivity index (χ0n) is 18.0. The molecule has 0 fully saturated rings. The molecule has 2 aliphatic rings. The molecule has 1 atom stereocenters. The highest BCUT2D eigenvalue weighted by molar-refractivity contribution is 6.50. The summed E-state index contributed by atoms with van der Waals surface area (Å²) in [7, 11) is 0. The van der Waals surface area contributed by atoms with Crippen LogP contribution in [0.1, 0.15) is 22.9 Å². The summed E-state index contributed by atoms with van der Waals surface area (Å²) in [6, 6.07) is 23.1. The van der Waals surface area contributed by atoms with Crippen molar-refractivity contribution in [1.82, 2.24) is 9.78 Å². The van der Waals surface area contributed by atoms with Crippen LogP contribution in [0.4, 0.5) is 22.9 Å². The maximum Gasteiger partial charge on any atom is 0.291 e. The maximum atomic E-state index is 13.2. The van der Waals surface area contributed by atoms with E-state index in [0.29, 0.717) is 11.5 Å². The van der Waals surface area contributed by atoms with Gasteiger partial charge in [-0.2, -0.15) is 5.10 Å². The molecule has 166 valence electrons. The van der Waals surface area contributed by atoms with Gasteiger partial charge >= 0.3 is 0 Å². The van der Waals surface area contributed by atoms with Gasteiger partial charge in [0.25, 0.3) is 11.6 Å². The topological polar surface area (TPSA) is 106 Å². The van der Waals surface area contributed by atoms with Crippen LogP contribution >= 0.6 is 0 Å². The largest absolute Gasteiger partial charge is 0.317 e. The standard InChI is InChI=1S/C25H18N6O3/c1-15-21-22(16-11-13-18(14-12-16)31(33)34)29-20-10-6-5-9-19(20)26-25(32)24(29)27-23(21)30(28-15)17-7-3-2-4-8-17/h2-14,22H,1H3,(H,26,32)/t22-/m1/s1. The summed E-state index contributed by atoms with van der Waals surface area (Å²) in [5.74, 6) is 0.481. The average molecular weight is 450 g/mol. The van der Waals surface area contributed by atoms with Gasteiger partial charge in [-0.05, 0) is 48.9 Å². The van der Waals surface area contributed by atoms with E-state index < -0.39 is 11.0 Å². The molecule has 1 amide bonds. The van der Waals surface area contributed by atoms with E-state index in [-0.39, 0.29) is 17.4 Å². The fourth-order valence-corrected chi connectivity index (χ4v) is 4.58. The molecule has 3 aromatic carbocycles. The Labute approximate surface area is 194 Å². The number of nitro benzene ring substituents is 1. The predicted octanol–water partition coefficient (Wildman–Crippen LogP) is 4.68. The van der Waals surface area contributed by atoms with Gasteiger partial charge in [0.05, 0.1) is 33.7 Å². The van der Waals surface area contributed by atoms with Gasteiger partial charge in [0.15, 0.2) is 5.82 Å². The van der Waals surface area contributed by atoms with Crippen LogP contribution in [0.15, 0.2) is 83.9 Å². The lowest BCUT2D eigenvalue weighted by Gasteiger charge is -2.40. The Morgan fingerprint density at radius 3 is 2.41 bits per heavy atom. The third-order valence-corrected chi connectivity index (χ3v) is 6.09. The highest BCUT2D eigenvalue weighted by Gasteiger charge is 2.42. The van der Waals surface area contributed by atoms with E-state index in [4.69, 9.17) is 10.1 Å². The van der Waals surface area contributed by atoms with Crippen LogP contribution in [0, 0.1) is 17.0 Å². The van der Waals surface area contributed by atoms with Gasteiger partial charge in [0, 0.05) is 17.7 Å². The van der Waals surface area contributed by atoms with Crippen molar-refractivity contribution in [2.45, 2.75) is 13.0 Å². The summed E-state index contributed by atoms with van der Waals surface area (Å²) in [4.78, 5) is 30.7. The molecule has 0 saturated carbocycles. The minimum atomic E-state index is -0.451. The molecule has 0 unspecified atom stereocenters. The predicted molar refractivity (Wildman–Crippen MR) is 128 cm³/mol. The molecule has 1 aromatic heterocycles. The Morgan fingerprint density at radius 2 is 1.68 bits per heavy atom. The highest BCUT2D eigenvalue weighted by atomic mass is 16.6. The fourth-order valence-electron chi connectivity index (χ4n) is 4.58. The van der Waals surface area contributed by atoms with E-state index in [2.05, 4.69) is 5.32 Å². The summed E-state index contributed by atoms with van der Waals surface area (Å²) < 4.78 is 1.74. The number of rotatable bonds is 3. The summed E-state index contributed by atoms with van der Waals surface area (Å²) in [5.41, 5.74) is 4.68. The van der Waals surface area contributed by atoms with Crippen LogP contribution in [-0.2, 0) is 4.79 Å². The number of carbonyl (C=O) groups is 1. The Bertz CT molecular complexity index is 1490. The lowest BCUT2D eigenvalue weighted by atomic mass is 9.93. The minimum absolute atomic E-state index is 0.00200. The quantitative estimate of drug-likeness (QED) is 0.360. The van der Waals surface area contributed by atoms with Crippen molar-refractivity contribution < 1.29 is 9.72 Å². The second-order valence-corrected chi connectivity index (χ2v) is 8.10. The first kappa shape index (κ1) is 19.9. The number of hydrogen-bond donors (Lipinski definition) is 1. The molecule has 2 aliphatic heterocycles. The van der Waals surface area contributed by atoms with Gasteiger partial charge in [0.2, 0.25) is 5.84 Å². The SMILES string of the molecule is Cc1nn(-c2ccccc2)c2c1[C@@H](c1ccc([N+](=O)[O-])cc1)N1C(=N2)C(=O)Nc2ccccc21. The molecule has 0 radical (unpaired) electrons. The number of nitro groups is 1. The van der Waals surface area contributed by atoms with Crippen molar-refractivity contribution in [2.75, 3.05) is 10.2 Å². The molecule has 0 spiro atoms. The normalized spacial score (nSPS) is 16.1. The van der Waals surface area contributed by atoms with Crippen LogP contribution in [0.25, 0.3) is 5.69 Å². The van der Waals surface area contributed by atoms with Crippen LogP contribution < -0.4 is 10.2 Å². The number of amidine groups is 1. The second kappa shape index (κ2) is 7.38. The molecule has 0 bridgehead atoms. The molecule has 9 heteroatoms. The first-order chi connectivity index (χ1) is 16.5. The van der Waals surface area contributed by atoms with Crippen LogP contribution in [0.2, 0.25) is 0 Å². The highest BCUT2D eigenvalue weighted by Crippen LogP contribution is 2.47. The number of amides is 1. The molecule has 3 heterocycles. The van der Waals surface area contributed by atoms with Crippen molar-refractivity contribution >= 4 is 34.6 Å². The summed E-state index contributed by atoms with van der Waals surface area (Å²) >= 11 is 0. The number of anilines is 2. The lowest BCUT2D eigenvalue weighted by Crippen LogP contribution is -2.48. The van der Waals surface area contributed by atoms with Crippen molar-refractivity contribution in [3.05, 3.63) is 106 Å². The Balaban J connectivity index is 1.63. The van der Waals surface area contributed by atoms with E-state index in [0.717, 1.165) is 28.2 Å². The fraction of sp³-hybridized carbons (Fsp3) is 0.0800.